The third-order valence-electron chi connectivity index (χ3n) is 3.34. The van der Waals surface area contributed by atoms with Crippen LogP contribution >= 0.6 is 0 Å². The highest BCUT2D eigenvalue weighted by molar-refractivity contribution is 5.98. The predicted octanol–water partition coefficient (Wildman–Crippen LogP) is 1.49. The van der Waals surface area contributed by atoms with E-state index >= 15 is 0 Å². The van der Waals surface area contributed by atoms with Gasteiger partial charge in [-0.15, -0.1) is 6.58 Å². The lowest BCUT2D eigenvalue weighted by atomic mass is 10.1. The molecule has 2 rings (SSSR count). The van der Waals surface area contributed by atoms with E-state index in [1.54, 1.807) is 12.1 Å². The standard InChI is InChI=1S/C15H16N2O5/c1-4-5-17-9-7-11(22-3)10(21-2)6-8(9)13(18)12(14(17)16)15(19)20/h4,6-7H,1,5,16H2,2-3H3,(H,19,20). The van der Waals surface area contributed by atoms with Crippen LogP contribution < -0.4 is 20.6 Å². The fourth-order valence-corrected chi connectivity index (χ4v) is 2.32. The summed E-state index contributed by atoms with van der Waals surface area (Å²) in [7, 11) is 2.90. The maximum absolute atomic E-state index is 12.4. The van der Waals surface area contributed by atoms with Gasteiger partial charge >= 0.3 is 5.97 Å². The molecule has 1 heterocycles. The van der Waals surface area contributed by atoms with Gasteiger partial charge in [0.05, 0.1) is 25.1 Å². The summed E-state index contributed by atoms with van der Waals surface area (Å²) in [5.74, 6) is -0.762. The number of benzene rings is 1. The molecule has 0 aliphatic rings. The number of hydrogen-bond donors (Lipinski definition) is 2. The van der Waals surface area contributed by atoms with Crippen molar-refractivity contribution >= 4 is 22.7 Å². The molecule has 0 fully saturated rings. The third kappa shape index (κ3) is 2.26. The summed E-state index contributed by atoms with van der Waals surface area (Å²) in [4.78, 5) is 23.8. The van der Waals surface area contributed by atoms with Gasteiger partial charge < -0.3 is 24.9 Å². The quantitative estimate of drug-likeness (QED) is 0.811. The zero-order valence-electron chi connectivity index (χ0n) is 12.3. The van der Waals surface area contributed by atoms with Crippen molar-refractivity contribution in [2.24, 2.45) is 0 Å². The van der Waals surface area contributed by atoms with E-state index in [9.17, 15) is 14.7 Å². The Labute approximate surface area is 126 Å². The smallest absolute Gasteiger partial charge is 0.343 e. The van der Waals surface area contributed by atoms with Gasteiger partial charge in [-0.25, -0.2) is 4.79 Å². The van der Waals surface area contributed by atoms with Gasteiger partial charge in [0.15, 0.2) is 11.5 Å². The van der Waals surface area contributed by atoms with E-state index in [0.29, 0.717) is 17.0 Å². The van der Waals surface area contributed by atoms with E-state index in [1.807, 2.05) is 0 Å². The minimum Gasteiger partial charge on any atom is -0.493 e. The number of nitrogen functional groups attached to an aromatic ring is 1. The lowest BCUT2D eigenvalue weighted by Crippen LogP contribution is -2.23. The second-order valence-corrected chi connectivity index (χ2v) is 4.52. The van der Waals surface area contributed by atoms with Crippen LogP contribution in [0.2, 0.25) is 0 Å². The Kier molecular flexibility index (Phi) is 4.07. The van der Waals surface area contributed by atoms with Crippen LogP contribution in [-0.2, 0) is 6.54 Å². The van der Waals surface area contributed by atoms with E-state index < -0.39 is 17.0 Å². The Bertz CT molecular complexity index is 823. The monoisotopic (exact) mass is 304 g/mol. The molecule has 0 atom stereocenters. The number of carboxylic acids is 1. The number of fused-ring (bicyclic) bond motifs is 1. The SMILES string of the molecule is C=CCn1c(N)c(C(=O)O)c(=O)c2cc(OC)c(OC)cc21. The number of carboxylic acid groups (broad SMARTS) is 1. The molecule has 0 unspecified atom stereocenters. The van der Waals surface area contributed by atoms with E-state index in [-0.39, 0.29) is 17.7 Å². The highest BCUT2D eigenvalue weighted by Crippen LogP contribution is 2.32. The Morgan fingerprint density at radius 1 is 1.36 bits per heavy atom. The highest BCUT2D eigenvalue weighted by Gasteiger charge is 2.21. The largest absolute Gasteiger partial charge is 0.493 e. The summed E-state index contributed by atoms with van der Waals surface area (Å²) in [5, 5.41) is 9.44. The zero-order chi connectivity index (χ0) is 16.4. The molecule has 0 bridgehead atoms. The molecule has 3 N–H and O–H groups in total. The van der Waals surface area contributed by atoms with Crippen LogP contribution in [0.25, 0.3) is 10.9 Å². The summed E-state index contributed by atoms with van der Waals surface area (Å²) in [5.41, 5.74) is 5.17. The second kappa shape index (κ2) is 5.80. The van der Waals surface area contributed by atoms with Crippen LogP contribution in [0.4, 0.5) is 5.82 Å². The van der Waals surface area contributed by atoms with Crippen LogP contribution in [0.3, 0.4) is 0 Å². The van der Waals surface area contributed by atoms with Gasteiger partial charge in [-0.05, 0) is 6.07 Å². The summed E-state index contributed by atoms with van der Waals surface area (Å²) in [6, 6.07) is 3.03. The number of rotatable bonds is 5. The number of pyridine rings is 1. The fourth-order valence-electron chi connectivity index (χ4n) is 2.32. The van der Waals surface area contributed by atoms with Gasteiger partial charge in [0.1, 0.15) is 11.4 Å². The van der Waals surface area contributed by atoms with Crippen molar-refractivity contribution in [1.82, 2.24) is 4.57 Å². The number of allylic oxidation sites excluding steroid dienone is 1. The van der Waals surface area contributed by atoms with Crippen LogP contribution in [-0.4, -0.2) is 29.9 Å². The Hall–Kier alpha value is -2.96. The van der Waals surface area contributed by atoms with Crippen LogP contribution in [0, 0.1) is 0 Å². The maximum Gasteiger partial charge on any atom is 0.343 e. The van der Waals surface area contributed by atoms with Crippen molar-refractivity contribution in [3.05, 3.63) is 40.6 Å². The average Bonchev–Trinajstić information content (AvgIpc) is 2.49. The molecule has 2 aromatic rings. The molecule has 0 saturated carbocycles. The van der Waals surface area contributed by atoms with Crippen molar-refractivity contribution in [3.63, 3.8) is 0 Å². The average molecular weight is 304 g/mol. The fraction of sp³-hybridized carbons (Fsp3) is 0.200. The molecule has 0 aliphatic heterocycles. The van der Waals surface area contributed by atoms with Crippen molar-refractivity contribution < 1.29 is 19.4 Å². The molecule has 0 aliphatic carbocycles. The topological polar surface area (TPSA) is 104 Å². The van der Waals surface area contributed by atoms with Gasteiger partial charge in [0.25, 0.3) is 0 Å². The number of nitrogens with zero attached hydrogens (tertiary/aromatic N) is 1. The van der Waals surface area contributed by atoms with Gasteiger partial charge in [0, 0.05) is 12.6 Å². The minimum absolute atomic E-state index is 0.128. The van der Waals surface area contributed by atoms with E-state index in [1.165, 1.54) is 24.9 Å². The zero-order valence-corrected chi connectivity index (χ0v) is 12.3. The molecule has 116 valence electrons. The Morgan fingerprint density at radius 3 is 2.45 bits per heavy atom. The number of hydrogen-bond acceptors (Lipinski definition) is 5. The number of aromatic nitrogens is 1. The van der Waals surface area contributed by atoms with Gasteiger partial charge in [0.2, 0.25) is 5.43 Å². The Morgan fingerprint density at radius 2 is 1.95 bits per heavy atom. The van der Waals surface area contributed by atoms with Crippen molar-refractivity contribution in [2.75, 3.05) is 20.0 Å². The molecule has 0 radical (unpaired) electrons. The van der Waals surface area contributed by atoms with Crippen molar-refractivity contribution in [1.29, 1.82) is 0 Å². The number of nitrogens with two attached hydrogens (primary N) is 1. The van der Waals surface area contributed by atoms with E-state index in [4.69, 9.17) is 15.2 Å². The molecule has 0 amide bonds. The van der Waals surface area contributed by atoms with Crippen molar-refractivity contribution in [3.8, 4) is 11.5 Å². The molecule has 1 aromatic carbocycles. The minimum atomic E-state index is -1.38. The summed E-state index contributed by atoms with van der Waals surface area (Å²) < 4.78 is 11.9. The van der Waals surface area contributed by atoms with Gasteiger partial charge in [-0.1, -0.05) is 6.08 Å². The highest BCUT2D eigenvalue weighted by atomic mass is 16.5. The van der Waals surface area contributed by atoms with Crippen LogP contribution in [0.5, 0.6) is 11.5 Å². The molecule has 0 spiro atoms. The summed E-state index contributed by atoms with van der Waals surface area (Å²) >= 11 is 0. The van der Waals surface area contributed by atoms with Crippen molar-refractivity contribution in [2.45, 2.75) is 6.54 Å². The first-order valence-electron chi connectivity index (χ1n) is 6.38. The molecular formula is C15H16N2O5. The first kappa shape index (κ1) is 15.4. The number of ether oxygens (including phenoxy) is 2. The molecular weight excluding hydrogens is 288 g/mol. The second-order valence-electron chi connectivity index (χ2n) is 4.52. The maximum atomic E-state index is 12.4. The van der Waals surface area contributed by atoms with Crippen LogP contribution in [0.1, 0.15) is 10.4 Å². The Balaban J connectivity index is 3.03. The lowest BCUT2D eigenvalue weighted by Gasteiger charge is -2.16. The summed E-state index contributed by atoms with van der Waals surface area (Å²) in [6.07, 6.45) is 1.56. The molecule has 1 aromatic heterocycles. The third-order valence-corrected chi connectivity index (χ3v) is 3.34. The summed E-state index contributed by atoms with van der Waals surface area (Å²) in [6.45, 7) is 3.87. The van der Waals surface area contributed by atoms with Gasteiger partial charge in [-0.2, -0.15) is 0 Å². The van der Waals surface area contributed by atoms with E-state index in [2.05, 4.69) is 6.58 Å². The van der Waals surface area contributed by atoms with Gasteiger partial charge in [-0.3, -0.25) is 4.79 Å². The molecule has 7 nitrogen and oxygen atoms in total. The first-order valence-corrected chi connectivity index (χ1v) is 6.38. The number of aromatic carboxylic acids is 1. The number of carbonyl (C=O) groups is 1. The molecule has 0 saturated heterocycles. The molecule has 22 heavy (non-hydrogen) atoms. The lowest BCUT2D eigenvalue weighted by molar-refractivity contribution is 0.0696. The first-order chi connectivity index (χ1) is 10.5. The normalized spacial score (nSPS) is 10.5. The van der Waals surface area contributed by atoms with E-state index in [0.717, 1.165) is 0 Å². The number of methoxy groups -OCH3 is 2. The molecule has 7 heteroatoms. The predicted molar refractivity (Wildman–Crippen MR) is 82.9 cm³/mol. The van der Waals surface area contributed by atoms with Crippen LogP contribution in [0.15, 0.2) is 29.6 Å². The number of anilines is 1.